The number of ketones is 1. The fourth-order valence-corrected chi connectivity index (χ4v) is 4.46. The van der Waals surface area contributed by atoms with Gasteiger partial charge in [0.2, 0.25) is 11.8 Å². The molecule has 1 aromatic carbocycles. The molecule has 0 aliphatic carbocycles. The Kier molecular flexibility index (Phi) is 6.99. The zero-order valence-corrected chi connectivity index (χ0v) is 17.9. The number of hydrogen-bond donors (Lipinski definition) is 2. The highest BCUT2D eigenvalue weighted by Crippen LogP contribution is 2.28. The van der Waals surface area contributed by atoms with Crippen LogP contribution in [0, 0.1) is 6.92 Å². The van der Waals surface area contributed by atoms with Crippen molar-refractivity contribution in [3.8, 4) is 10.4 Å². The minimum atomic E-state index is -0.547. The molecule has 2 heterocycles. The second kappa shape index (κ2) is 9.67. The van der Waals surface area contributed by atoms with E-state index in [-0.39, 0.29) is 30.1 Å². The average Bonchev–Trinajstić information content (AvgIpc) is 3.37. The van der Waals surface area contributed by atoms with E-state index in [1.54, 1.807) is 11.3 Å². The van der Waals surface area contributed by atoms with E-state index in [2.05, 4.69) is 10.3 Å². The van der Waals surface area contributed by atoms with Gasteiger partial charge in [0.25, 0.3) is 0 Å². The summed E-state index contributed by atoms with van der Waals surface area (Å²) in [5.74, 6) is -0.900. The fourth-order valence-electron chi connectivity index (χ4n) is 3.65. The van der Waals surface area contributed by atoms with E-state index < -0.39 is 6.04 Å². The molecule has 0 bridgehead atoms. The van der Waals surface area contributed by atoms with Crippen molar-refractivity contribution in [2.75, 3.05) is 6.54 Å². The minimum absolute atomic E-state index is 0.197. The highest BCUT2D eigenvalue weighted by Gasteiger charge is 2.34. The highest BCUT2D eigenvalue weighted by molar-refractivity contribution is 7.13. The lowest BCUT2D eigenvalue weighted by Crippen LogP contribution is -2.46. The van der Waals surface area contributed by atoms with Crippen molar-refractivity contribution < 1.29 is 14.4 Å². The van der Waals surface area contributed by atoms with Crippen molar-refractivity contribution in [3.05, 3.63) is 53.3 Å². The number of carbonyl (C=O) groups is 3. The molecule has 0 unspecified atom stereocenters. The minimum Gasteiger partial charge on any atom is -0.404 e. The van der Waals surface area contributed by atoms with Crippen LogP contribution >= 0.6 is 11.3 Å². The van der Waals surface area contributed by atoms with Gasteiger partial charge in [0.1, 0.15) is 6.04 Å². The number of thiazole rings is 1. The van der Waals surface area contributed by atoms with E-state index in [4.69, 9.17) is 5.73 Å². The Balaban J connectivity index is 1.62. The topological polar surface area (TPSA) is 105 Å². The number of amides is 2. The van der Waals surface area contributed by atoms with Gasteiger partial charge in [0.05, 0.1) is 28.5 Å². The van der Waals surface area contributed by atoms with Crippen LogP contribution in [0.1, 0.15) is 43.5 Å². The zero-order chi connectivity index (χ0) is 21.7. The first-order valence-corrected chi connectivity index (χ1v) is 10.8. The standard InChI is InChI=1S/C22H26N4O3S/c1-14(16-5-7-17(8-6-16)21-15(2)24-13-30-21)25-22(29)19-4-3-11-26(19)20(28)12-18(27)9-10-23/h5-10,13-14,19H,3-4,11-12,23H2,1-2H3,(H,25,29)/t14-,19-/m0/s1. The second-order valence-electron chi connectivity index (χ2n) is 7.37. The summed E-state index contributed by atoms with van der Waals surface area (Å²) in [5, 5.41) is 3.01. The van der Waals surface area contributed by atoms with E-state index in [1.807, 2.05) is 43.6 Å². The van der Waals surface area contributed by atoms with Gasteiger partial charge in [-0.25, -0.2) is 4.98 Å². The molecule has 1 aliphatic rings. The molecule has 0 spiro atoms. The Bertz CT molecular complexity index is 952. The molecular formula is C22H26N4O3S. The van der Waals surface area contributed by atoms with Crippen LogP contribution in [0.4, 0.5) is 0 Å². The van der Waals surface area contributed by atoms with Crippen molar-refractivity contribution in [3.63, 3.8) is 0 Å². The number of hydrogen-bond acceptors (Lipinski definition) is 6. The molecule has 7 nitrogen and oxygen atoms in total. The molecule has 1 aromatic heterocycles. The molecule has 1 fully saturated rings. The quantitative estimate of drug-likeness (QED) is 0.523. The number of aryl methyl sites for hydroxylation is 1. The molecule has 1 saturated heterocycles. The Morgan fingerprint density at radius 3 is 2.70 bits per heavy atom. The smallest absolute Gasteiger partial charge is 0.243 e. The van der Waals surface area contributed by atoms with Gasteiger partial charge in [-0.1, -0.05) is 24.3 Å². The first-order chi connectivity index (χ1) is 14.4. The Morgan fingerprint density at radius 2 is 2.07 bits per heavy atom. The van der Waals surface area contributed by atoms with Crippen LogP contribution in [0.3, 0.4) is 0 Å². The Morgan fingerprint density at radius 1 is 1.33 bits per heavy atom. The monoisotopic (exact) mass is 426 g/mol. The van der Waals surface area contributed by atoms with E-state index in [9.17, 15) is 14.4 Å². The maximum Gasteiger partial charge on any atom is 0.243 e. The average molecular weight is 427 g/mol. The maximum absolute atomic E-state index is 12.8. The van der Waals surface area contributed by atoms with Gasteiger partial charge < -0.3 is 16.0 Å². The Hall–Kier alpha value is -3.00. The van der Waals surface area contributed by atoms with Gasteiger partial charge in [0.15, 0.2) is 5.78 Å². The first kappa shape index (κ1) is 21.7. The molecule has 1 aliphatic heterocycles. The van der Waals surface area contributed by atoms with Crippen LogP contribution in [0.2, 0.25) is 0 Å². The van der Waals surface area contributed by atoms with Crippen molar-refractivity contribution in [2.45, 2.75) is 45.2 Å². The number of benzene rings is 1. The summed E-state index contributed by atoms with van der Waals surface area (Å²) in [6.07, 6.45) is 3.35. The molecule has 158 valence electrons. The summed E-state index contributed by atoms with van der Waals surface area (Å²) < 4.78 is 0. The Labute approximate surface area is 180 Å². The number of rotatable bonds is 7. The van der Waals surface area contributed by atoms with Crippen molar-refractivity contribution in [2.24, 2.45) is 5.73 Å². The molecular weight excluding hydrogens is 400 g/mol. The second-order valence-corrected chi connectivity index (χ2v) is 8.22. The number of nitrogens with two attached hydrogens (primary N) is 1. The van der Waals surface area contributed by atoms with Crippen LogP contribution in [-0.4, -0.2) is 40.1 Å². The van der Waals surface area contributed by atoms with Gasteiger partial charge in [0, 0.05) is 6.54 Å². The number of carbonyl (C=O) groups excluding carboxylic acids is 3. The summed E-state index contributed by atoms with van der Waals surface area (Å²) in [7, 11) is 0. The predicted octanol–water partition coefficient (Wildman–Crippen LogP) is 2.72. The van der Waals surface area contributed by atoms with Crippen LogP contribution in [-0.2, 0) is 14.4 Å². The molecule has 3 N–H and O–H groups in total. The van der Waals surface area contributed by atoms with Crippen LogP contribution in [0.25, 0.3) is 10.4 Å². The largest absolute Gasteiger partial charge is 0.404 e. The third-order valence-corrected chi connectivity index (χ3v) is 6.24. The summed E-state index contributed by atoms with van der Waals surface area (Å²) in [5.41, 5.74) is 10.1. The van der Waals surface area contributed by atoms with Crippen molar-refractivity contribution in [1.82, 2.24) is 15.2 Å². The normalized spacial score (nSPS) is 17.3. The number of allylic oxidation sites excluding steroid dienone is 1. The fraction of sp³-hybridized carbons (Fsp3) is 0.364. The lowest BCUT2D eigenvalue weighted by molar-refractivity contribution is -0.140. The van der Waals surface area contributed by atoms with E-state index in [0.717, 1.165) is 34.3 Å². The first-order valence-electron chi connectivity index (χ1n) is 9.92. The van der Waals surface area contributed by atoms with Gasteiger partial charge >= 0.3 is 0 Å². The van der Waals surface area contributed by atoms with Gasteiger partial charge in [-0.15, -0.1) is 11.3 Å². The number of nitrogens with zero attached hydrogens (tertiary/aromatic N) is 2. The molecule has 3 rings (SSSR count). The van der Waals surface area contributed by atoms with Crippen molar-refractivity contribution >= 4 is 28.9 Å². The molecule has 2 amide bonds. The van der Waals surface area contributed by atoms with Gasteiger partial charge in [-0.3, -0.25) is 14.4 Å². The molecule has 2 atom stereocenters. The SMILES string of the molecule is Cc1ncsc1-c1ccc([C@H](C)NC(=O)[C@@H]2CCCN2C(=O)CC(=O)C=CN)cc1. The van der Waals surface area contributed by atoms with E-state index in [1.165, 1.54) is 11.0 Å². The zero-order valence-electron chi connectivity index (χ0n) is 17.1. The van der Waals surface area contributed by atoms with E-state index >= 15 is 0 Å². The third kappa shape index (κ3) is 4.94. The maximum atomic E-state index is 12.8. The molecule has 0 saturated carbocycles. The van der Waals surface area contributed by atoms with Crippen molar-refractivity contribution in [1.29, 1.82) is 0 Å². The third-order valence-electron chi connectivity index (χ3n) is 5.26. The predicted molar refractivity (Wildman–Crippen MR) is 117 cm³/mol. The highest BCUT2D eigenvalue weighted by atomic mass is 32.1. The molecule has 30 heavy (non-hydrogen) atoms. The molecule has 8 heteroatoms. The van der Waals surface area contributed by atoms with Crippen LogP contribution in [0.15, 0.2) is 42.1 Å². The lowest BCUT2D eigenvalue weighted by Gasteiger charge is -2.25. The summed E-state index contributed by atoms with van der Waals surface area (Å²) in [4.78, 5) is 43.8. The molecule has 2 aromatic rings. The number of likely N-dealkylation sites (tertiary alicyclic amines) is 1. The van der Waals surface area contributed by atoms with Crippen LogP contribution in [0.5, 0.6) is 0 Å². The van der Waals surface area contributed by atoms with Crippen LogP contribution < -0.4 is 11.1 Å². The van der Waals surface area contributed by atoms with Gasteiger partial charge in [-0.05, 0) is 50.1 Å². The van der Waals surface area contributed by atoms with E-state index in [0.29, 0.717) is 13.0 Å². The summed E-state index contributed by atoms with van der Waals surface area (Å²) >= 11 is 1.60. The number of aromatic nitrogens is 1. The molecule has 0 radical (unpaired) electrons. The summed E-state index contributed by atoms with van der Waals surface area (Å²) in [6, 6.07) is 7.30. The lowest BCUT2D eigenvalue weighted by atomic mass is 10.0. The van der Waals surface area contributed by atoms with Gasteiger partial charge in [-0.2, -0.15) is 0 Å². The number of nitrogens with one attached hydrogen (secondary N) is 1. The summed E-state index contributed by atoms with van der Waals surface area (Å²) in [6.45, 7) is 4.38.